The molecule has 1 atom stereocenters. The first-order chi connectivity index (χ1) is 7.06. The average molecular weight is 214 g/mol. The predicted molar refractivity (Wildman–Crippen MR) is 50.6 cm³/mol. The summed E-state index contributed by atoms with van der Waals surface area (Å²) in [5.41, 5.74) is 5.46. The molecule has 2 N–H and O–H groups in total. The third-order valence-corrected chi connectivity index (χ3v) is 2.27. The van der Waals surface area contributed by atoms with Crippen molar-refractivity contribution in [3.63, 3.8) is 0 Å². The van der Waals surface area contributed by atoms with E-state index in [4.69, 9.17) is 5.73 Å². The summed E-state index contributed by atoms with van der Waals surface area (Å²) in [6, 6.07) is -0.957. The molecule has 0 spiro atoms. The first-order valence-electron chi connectivity index (χ1n) is 4.73. The largest absolute Gasteiger partial charge is 0.468 e. The van der Waals surface area contributed by atoms with Crippen molar-refractivity contribution in [1.82, 2.24) is 4.90 Å². The average Bonchev–Trinajstić information content (AvgIpc) is 2.22. The number of esters is 1. The van der Waals surface area contributed by atoms with E-state index in [-0.39, 0.29) is 18.4 Å². The van der Waals surface area contributed by atoms with Crippen molar-refractivity contribution in [2.75, 3.05) is 13.7 Å². The quantitative estimate of drug-likeness (QED) is 0.482. The summed E-state index contributed by atoms with van der Waals surface area (Å²) in [7, 11) is 1.21. The second-order valence-electron chi connectivity index (χ2n) is 3.38. The van der Waals surface area contributed by atoms with Crippen LogP contribution < -0.4 is 5.73 Å². The van der Waals surface area contributed by atoms with Gasteiger partial charge >= 0.3 is 5.97 Å². The maximum atomic E-state index is 11.3. The third-order valence-electron chi connectivity index (χ3n) is 2.27. The minimum Gasteiger partial charge on any atom is -0.468 e. The Hall–Kier alpha value is -1.43. The molecule has 0 aromatic heterocycles. The molecule has 0 aromatic rings. The normalized spacial score (nSPS) is 18.9. The monoisotopic (exact) mass is 214 g/mol. The number of imide groups is 1. The van der Waals surface area contributed by atoms with Gasteiger partial charge in [-0.1, -0.05) is 0 Å². The molecule has 1 fully saturated rings. The van der Waals surface area contributed by atoms with Crippen LogP contribution in [0.1, 0.15) is 19.3 Å². The van der Waals surface area contributed by atoms with Crippen molar-refractivity contribution >= 4 is 17.8 Å². The highest BCUT2D eigenvalue weighted by Crippen LogP contribution is 2.12. The maximum Gasteiger partial charge on any atom is 0.324 e. The van der Waals surface area contributed by atoms with Gasteiger partial charge in [-0.3, -0.25) is 19.3 Å². The van der Waals surface area contributed by atoms with E-state index in [1.54, 1.807) is 0 Å². The number of rotatable bonds is 3. The summed E-state index contributed by atoms with van der Waals surface area (Å²) < 4.78 is 4.41. The van der Waals surface area contributed by atoms with Crippen LogP contribution >= 0.6 is 0 Å². The van der Waals surface area contributed by atoms with Crippen molar-refractivity contribution < 1.29 is 19.1 Å². The fourth-order valence-electron chi connectivity index (χ4n) is 1.43. The fourth-order valence-corrected chi connectivity index (χ4v) is 1.43. The first kappa shape index (κ1) is 11.6. The topological polar surface area (TPSA) is 89.7 Å². The molecule has 6 nitrogen and oxygen atoms in total. The Balaban J connectivity index is 2.58. The van der Waals surface area contributed by atoms with Crippen LogP contribution in [0.2, 0.25) is 0 Å². The lowest BCUT2D eigenvalue weighted by Crippen LogP contribution is -2.49. The van der Waals surface area contributed by atoms with Crippen LogP contribution in [0.3, 0.4) is 0 Å². The van der Waals surface area contributed by atoms with Gasteiger partial charge in [-0.05, 0) is 6.42 Å². The van der Waals surface area contributed by atoms with Gasteiger partial charge in [0, 0.05) is 12.8 Å². The van der Waals surface area contributed by atoms with Gasteiger partial charge in [-0.15, -0.1) is 0 Å². The Morgan fingerprint density at radius 1 is 1.47 bits per heavy atom. The second kappa shape index (κ2) is 4.88. The molecule has 0 radical (unpaired) electrons. The molecule has 15 heavy (non-hydrogen) atoms. The first-order valence-corrected chi connectivity index (χ1v) is 4.73. The molecule has 1 aliphatic rings. The van der Waals surface area contributed by atoms with Crippen LogP contribution in [0, 0.1) is 0 Å². The van der Waals surface area contributed by atoms with E-state index in [0.717, 1.165) is 4.90 Å². The lowest BCUT2D eigenvalue weighted by atomic mass is 10.1. The van der Waals surface area contributed by atoms with Gasteiger partial charge < -0.3 is 10.5 Å². The van der Waals surface area contributed by atoms with Crippen molar-refractivity contribution in [1.29, 1.82) is 0 Å². The summed E-state index contributed by atoms with van der Waals surface area (Å²) in [6.07, 6.45) is 1.24. The highest BCUT2D eigenvalue weighted by Gasteiger charge is 2.29. The Morgan fingerprint density at radius 3 is 2.47 bits per heavy atom. The number of hydrogen-bond acceptors (Lipinski definition) is 5. The van der Waals surface area contributed by atoms with Crippen LogP contribution in [0.15, 0.2) is 0 Å². The summed E-state index contributed by atoms with van der Waals surface area (Å²) in [4.78, 5) is 34.7. The van der Waals surface area contributed by atoms with E-state index in [2.05, 4.69) is 4.74 Å². The van der Waals surface area contributed by atoms with Gasteiger partial charge in [0.2, 0.25) is 11.8 Å². The summed E-state index contributed by atoms with van der Waals surface area (Å²) in [5.74, 6) is -1.17. The lowest BCUT2D eigenvalue weighted by Gasteiger charge is -2.26. The standard InChI is InChI=1S/C9H14N2O4/c1-15-9(14)6(10)5-11-7(12)3-2-4-8(11)13/h6H,2-5,10H2,1H3/t6-/m0/s1. The zero-order valence-electron chi connectivity index (χ0n) is 8.56. The minimum atomic E-state index is -0.957. The second-order valence-corrected chi connectivity index (χ2v) is 3.38. The van der Waals surface area contributed by atoms with Gasteiger partial charge in [0.25, 0.3) is 0 Å². The number of ether oxygens (including phenoxy) is 1. The summed E-state index contributed by atoms with van der Waals surface area (Å²) in [5, 5.41) is 0. The van der Waals surface area contributed by atoms with E-state index < -0.39 is 12.0 Å². The lowest BCUT2D eigenvalue weighted by molar-refractivity contribution is -0.150. The van der Waals surface area contributed by atoms with E-state index in [1.165, 1.54) is 7.11 Å². The number of nitrogens with two attached hydrogens (primary N) is 1. The molecule has 0 aromatic carbocycles. The molecule has 1 aliphatic heterocycles. The molecule has 84 valence electrons. The molecule has 1 heterocycles. The van der Waals surface area contributed by atoms with Crippen molar-refractivity contribution in [3.05, 3.63) is 0 Å². The highest BCUT2D eigenvalue weighted by molar-refractivity contribution is 5.98. The SMILES string of the molecule is COC(=O)[C@@H](N)CN1C(=O)CCCC1=O. The molecule has 2 amide bonds. The number of carbonyl (C=O) groups is 3. The third kappa shape index (κ3) is 2.76. The molecule has 0 bridgehead atoms. The van der Waals surface area contributed by atoms with Crippen molar-refractivity contribution in [2.45, 2.75) is 25.3 Å². The number of methoxy groups -OCH3 is 1. The smallest absolute Gasteiger partial charge is 0.324 e. The molecule has 0 aliphatic carbocycles. The molecule has 0 saturated carbocycles. The van der Waals surface area contributed by atoms with Crippen LogP contribution in [0.4, 0.5) is 0 Å². The van der Waals surface area contributed by atoms with Crippen LogP contribution in [-0.2, 0) is 19.1 Å². The number of hydrogen-bond donors (Lipinski definition) is 1. The Morgan fingerprint density at radius 2 is 2.00 bits per heavy atom. The number of nitrogens with zero attached hydrogens (tertiary/aromatic N) is 1. The van der Waals surface area contributed by atoms with Gasteiger partial charge in [0.15, 0.2) is 0 Å². The van der Waals surface area contributed by atoms with Crippen molar-refractivity contribution in [3.8, 4) is 0 Å². The number of piperidine rings is 1. The van der Waals surface area contributed by atoms with E-state index >= 15 is 0 Å². The Kier molecular flexibility index (Phi) is 3.79. The number of likely N-dealkylation sites (tertiary alicyclic amines) is 1. The van der Waals surface area contributed by atoms with Gasteiger partial charge in [0.05, 0.1) is 13.7 Å². The predicted octanol–water partition coefficient (Wildman–Crippen LogP) is -0.974. The maximum absolute atomic E-state index is 11.3. The van der Waals surface area contributed by atoms with Crippen LogP contribution in [-0.4, -0.2) is 42.4 Å². The van der Waals surface area contributed by atoms with Crippen molar-refractivity contribution in [2.24, 2.45) is 5.73 Å². The van der Waals surface area contributed by atoms with Crippen LogP contribution in [0.5, 0.6) is 0 Å². The minimum absolute atomic E-state index is 0.0929. The highest BCUT2D eigenvalue weighted by atomic mass is 16.5. The molecule has 1 saturated heterocycles. The fraction of sp³-hybridized carbons (Fsp3) is 0.667. The number of carbonyl (C=O) groups excluding carboxylic acids is 3. The summed E-state index contributed by atoms with van der Waals surface area (Å²) in [6.45, 7) is -0.0929. The Labute approximate surface area is 87.4 Å². The van der Waals surface area contributed by atoms with E-state index in [0.29, 0.717) is 19.3 Å². The molecule has 1 rings (SSSR count). The van der Waals surface area contributed by atoms with Crippen LogP contribution in [0.25, 0.3) is 0 Å². The van der Waals surface area contributed by atoms with E-state index in [1.807, 2.05) is 0 Å². The number of amides is 2. The van der Waals surface area contributed by atoms with Gasteiger partial charge in [-0.2, -0.15) is 0 Å². The van der Waals surface area contributed by atoms with Gasteiger partial charge in [-0.25, -0.2) is 0 Å². The molecular weight excluding hydrogens is 200 g/mol. The zero-order chi connectivity index (χ0) is 11.4. The molecule has 0 unspecified atom stereocenters. The zero-order valence-corrected chi connectivity index (χ0v) is 8.56. The molecular formula is C9H14N2O4. The Bertz CT molecular complexity index is 274. The van der Waals surface area contributed by atoms with Gasteiger partial charge in [0.1, 0.15) is 6.04 Å². The van der Waals surface area contributed by atoms with E-state index in [9.17, 15) is 14.4 Å². The molecule has 6 heteroatoms. The summed E-state index contributed by atoms with van der Waals surface area (Å²) >= 11 is 0.